The van der Waals surface area contributed by atoms with Crippen LogP contribution in [0.1, 0.15) is 12.5 Å². The number of nitrogens with zero attached hydrogens (tertiary/aromatic N) is 1. The lowest BCUT2D eigenvalue weighted by molar-refractivity contribution is -0.148. The molecule has 0 aromatic heterocycles. The van der Waals surface area contributed by atoms with Crippen LogP contribution in [-0.4, -0.2) is 97.9 Å². The molecule has 3 atom stereocenters. The average molecular weight is 500 g/mol. The van der Waals surface area contributed by atoms with Gasteiger partial charge in [0, 0.05) is 19.5 Å². The van der Waals surface area contributed by atoms with E-state index < -0.39 is 55.0 Å². The molecule has 1 unspecified atom stereocenters. The Labute approximate surface area is 201 Å². The number of amides is 3. The lowest BCUT2D eigenvalue weighted by Crippen LogP contribution is -2.57. The van der Waals surface area contributed by atoms with Gasteiger partial charge >= 0.3 is 12.6 Å². The number of morpholine rings is 1. The Morgan fingerprint density at radius 2 is 1.69 bits per heavy atom. The monoisotopic (exact) mass is 500 g/mol. The van der Waals surface area contributed by atoms with Gasteiger partial charge in [-0.05, 0) is 12.5 Å². The minimum Gasteiger partial charge on any atom is -0.480 e. The van der Waals surface area contributed by atoms with Crippen molar-refractivity contribution in [1.29, 1.82) is 0 Å². The average Bonchev–Trinajstić information content (AvgIpc) is 2.82. The molecule has 1 aromatic rings. The van der Waals surface area contributed by atoms with E-state index in [1.807, 2.05) is 0 Å². The minimum atomic E-state index is -3.17. The number of aliphatic carboxylic acids is 1. The fraction of sp³-hybridized carbons (Fsp3) is 0.545. The van der Waals surface area contributed by atoms with E-state index in [0.717, 1.165) is 0 Å². The SMILES string of the molecule is CC(NC(=O)[C@H](COC(F)F)NC(=O)CN1CCOCC1)C(=O)N[C@@H](Cc1ccccc1)C(=O)O. The van der Waals surface area contributed by atoms with Crippen LogP contribution in [-0.2, 0) is 35.1 Å². The fourth-order valence-electron chi connectivity index (χ4n) is 3.28. The summed E-state index contributed by atoms with van der Waals surface area (Å²) in [4.78, 5) is 50.8. The largest absolute Gasteiger partial charge is 0.480 e. The van der Waals surface area contributed by atoms with Gasteiger partial charge in [0.25, 0.3) is 0 Å². The van der Waals surface area contributed by atoms with Crippen LogP contribution < -0.4 is 16.0 Å². The summed E-state index contributed by atoms with van der Waals surface area (Å²) in [6.45, 7) is -0.868. The molecule has 0 saturated carbocycles. The van der Waals surface area contributed by atoms with Crippen LogP contribution in [0.5, 0.6) is 0 Å². The molecule has 1 aromatic carbocycles. The second-order valence-electron chi connectivity index (χ2n) is 7.92. The molecule has 1 aliphatic rings. The number of alkyl halides is 2. The molecular formula is C22H30F2N4O7. The molecular weight excluding hydrogens is 470 g/mol. The third-order valence-electron chi connectivity index (χ3n) is 5.16. The highest BCUT2D eigenvalue weighted by Crippen LogP contribution is 2.04. The Morgan fingerprint density at radius 3 is 2.29 bits per heavy atom. The summed E-state index contributed by atoms with van der Waals surface area (Å²) in [6.07, 6.45) is 0.0189. The number of hydrogen-bond donors (Lipinski definition) is 4. The van der Waals surface area contributed by atoms with Gasteiger partial charge in [0.05, 0.1) is 26.4 Å². The normalized spacial score (nSPS) is 16.7. The van der Waals surface area contributed by atoms with Gasteiger partial charge in [0.1, 0.15) is 18.1 Å². The molecule has 1 heterocycles. The smallest absolute Gasteiger partial charge is 0.345 e. The first-order valence-electron chi connectivity index (χ1n) is 11.0. The summed E-state index contributed by atoms with van der Waals surface area (Å²) in [5.41, 5.74) is 0.684. The minimum absolute atomic E-state index is 0.0189. The van der Waals surface area contributed by atoms with Crippen molar-refractivity contribution in [3.8, 4) is 0 Å². The van der Waals surface area contributed by atoms with E-state index in [0.29, 0.717) is 31.9 Å². The number of benzene rings is 1. The first-order valence-corrected chi connectivity index (χ1v) is 11.0. The lowest BCUT2D eigenvalue weighted by atomic mass is 10.1. The number of rotatable bonds is 13. The van der Waals surface area contributed by atoms with E-state index in [9.17, 15) is 33.1 Å². The molecule has 0 radical (unpaired) electrons. The Balaban J connectivity index is 1.94. The molecule has 194 valence electrons. The highest BCUT2D eigenvalue weighted by atomic mass is 19.3. The van der Waals surface area contributed by atoms with Gasteiger partial charge in [-0.3, -0.25) is 19.3 Å². The topological polar surface area (TPSA) is 146 Å². The zero-order chi connectivity index (χ0) is 25.8. The van der Waals surface area contributed by atoms with Gasteiger partial charge < -0.3 is 30.5 Å². The molecule has 2 rings (SSSR count). The van der Waals surface area contributed by atoms with Crippen LogP contribution in [0, 0.1) is 0 Å². The van der Waals surface area contributed by atoms with E-state index in [2.05, 4.69) is 20.7 Å². The standard InChI is InChI=1S/C22H30F2N4O7/c1-14(19(30)27-16(21(32)33)11-15-5-3-2-4-6-15)25-20(31)17(13-35-22(23)24)26-18(29)12-28-7-9-34-10-8-28/h2-6,14,16-17,22H,7-13H2,1H3,(H,25,31)(H,26,29)(H,27,30)(H,32,33)/t14?,16-,17-/m0/s1. The molecule has 1 saturated heterocycles. The summed E-state index contributed by atoms with van der Waals surface area (Å²) in [7, 11) is 0. The number of carboxylic acids is 1. The van der Waals surface area contributed by atoms with Crippen LogP contribution in [0.3, 0.4) is 0 Å². The zero-order valence-electron chi connectivity index (χ0n) is 19.2. The molecule has 11 nitrogen and oxygen atoms in total. The Bertz CT molecular complexity index is 853. The van der Waals surface area contributed by atoms with Gasteiger partial charge in [-0.25, -0.2) is 4.79 Å². The maximum atomic E-state index is 12.6. The molecule has 1 aliphatic heterocycles. The lowest BCUT2D eigenvalue weighted by Gasteiger charge is -2.27. The zero-order valence-corrected chi connectivity index (χ0v) is 19.2. The highest BCUT2D eigenvalue weighted by Gasteiger charge is 2.28. The third-order valence-corrected chi connectivity index (χ3v) is 5.16. The predicted molar refractivity (Wildman–Crippen MR) is 118 cm³/mol. The third kappa shape index (κ3) is 10.3. The summed E-state index contributed by atoms with van der Waals surface area (Å²) < 4.78 is 34.5. The van der Waals surface area contributed by atoms with Gasteiger partial charge in [0.2, 0.25) is 17.7 Å². The second kappa shape index (κ2) is 14.3. The number of halogens is 2. The van der Waals surface area contributed by atoms with E-state index in [1.54, 1.807) is 35.2 Å². The second-order valence-corrected chi connectivity index (χ2v) is 7.92. The molecule has 13 heteroatoms. The molecule has 0 bridgehead atoms. The van der Waals surface area contributed by atoms with Crippen molar-refractivity contribution in [3.63, 3.8) is 0 Å². The van der Waals surface area contributed by atoms with Crippen molar-refractivity contribution in [2.75, 3.05) is 39.5 Å². The van der Waals surface area contributed by atoms with Gasteiger partial charge in [0.15, 0.2) is 0 Å². The Kier molecular flexibility index (Phi) is 11.5. The molecule has 3 amide bonds. The summed E-state index contributed by atoms with van der Waals surface area (Å²) in [5.74, 6) is -3.58. The molecule has 0 spiro atoms. The highest BCUT2D eigenvalue weighted by molar-refractivity contribution is 5.93. The van der Waals surface area contributed by atoms with Gasteiger partial charge in [-0.1, -0.05) is 30.3 Å². The van der Waals surface area contributed by atoms with Crippen molar-refractivity contribution in [2.45, 2.75) is 38.1 Å². The maximum absolute atomic E-state index is 12.6. The van der Waals surface area contributed by atoms with E-state index >= 15 is 0 Å². The summed E-state index contributed by atoms with van der Waals surface area (Å²) >= 11 is 0. The Morgan fingerprint density at radius 1 is 1.03 bits per heavy atom. The van der Waals surface area contributed by atoms with Crippen LogP contribution in [0.4, 0.5) is 8.78 Å². The van der Waals surface area contributed by atoms with Crippen LogP contribution in [0.15, 0.2) is 30.3 Å². The van der Waals surface area contributed by atoms with Crippen molar-refractivity contribution in [2.24, 2.45) is 0 Å². The number of hydrogen-bond acceptors (Lipinski definition) is 7. The Hall–Kier alpha value is -3.16. The van der Waals surface area contributed by atoms with E-state index in [1.165, 1.54) is 6.92 Å². The quantitative estimate of drug-likeness (QED) is 0.280. The molecule has 0 aliphatic carbocycles. The van der Waals surface area contributed by atoms with Crippen molar-refractivity contribution < 1.29 is 42.5 Å². The van der Waals surface area contributed by atoms with Crippen LogP contribution >= 0.6 is 0 Å². The van der Waals surface area contributed by atoms with E-state index in [-0.39, 0.29) is 13.0 Å². The van der Waals surface area contributed by atoms with Crippen molar-refractivity contribution in [1.82, 2.24) is 20.9 Å². The van der Waals surface area contributed by atoms with Gasteiger partial charge in [-0.2, -0.15) is 8.78 Å². The first-order chi connectivity index (χ1) is 16.7. The van der Waals surface area contributed by atoms with E-state index in [4.69, 9.17) is 4.74 Å². The van der Waals surface area contributed by atoms with Crippen molar-refractivity contribution >= 4 is 23.7 Å². The number of carbonyl (C=O) groups excluding carboxylic acids is 3. The maximum Gasteiger partial charge on any atom is 0.345 e. The number of ether oxygens (including phenoxy) is 2. The fourth-order valence-corrected chi connectivity index (χ4v) is 3.28. The number of carboxylic acid groups (broad SMARTS) is 1. The molecule has 4 N–H and O–H groups in total. The van der Waals surface area contributed by atoms with Crippen molar-refractivity contribution in [3.05, 3.63) is 35.9 Å². The van der Waals surface area contributed by atoms with Crippen LogP contribution in [0.2, 0.25) is 0 Å². The van der Waals surface area contributed by atoms with Gasteiger partial charge in [-0.15, -0.1) is 0 Å². The number of carbonyl (C=O) groups is 4. The summed E-state index contributed by atoms with van der Waals surface area (Å²) in [5, 5.41) is 16.4. The summed E-state index contributed by atoms with van der Waals surface area (Å²) in [6, 6.07) is 4.68. The predicted octanol–water partition coefficient (Wildman–Crippen LogP) is -0.641. The van der Waals surface area contributed by atoms with Crippen LogP contribution in [0.25, 0.3) is 0 Å². The molecule has 1 fully saturated rings. The first kappa shape index (κ1) is 28.1. The number of nitrogens with one attached hydrogen (secondary N) is 3. The molecule has 35 heavy (non-hydrogen) atoms.